The van der Waals surface area contributed by atoms with E-state index in [0.717, 1.165) is 18.7 Å². The fourth-order valence-corrected chi connectivity index (χ4v) is 2.58. The first-order valence-corrected chi connectivity index (χ1v) is 5.51. The molecule has 2 aromatic heterocycles. The molecule has 1 unspecified atom stereocenters. The van der Waals surface area contributed by atoms with Gasteiger partial charge in [-0.2, -0.15) is 0 Å². The lowest BCUT2D eigenvalue weighted by Gasteiger charge is -2.21. The van der Waals surface area contributed by atoms with Gasteiger partial charge in [0.25, 0.3) is 0 Å². The highest BCUT2D eigenvalue weighted by Gasteiger charge is 2.24. The summed E-state index contributed by atoms with van der Waals surface area (Å²) in [5.41, 5.74) is 3.13. The third-order valence-electron chi connectivity index (χ3n) is 2.53. The molecule has 1 atom stereocenters. The van der Waals surface area contributed by atoms with Gasteiger partial charge < -0.3 is 9.73 Å². The molecule has 0 amide bonds. The molecule has 1 N–H and O–H groups in total. The second-order valence-corrected chi connectivity index (χ2v) is 4.26. The fourth-order valence-electron chi connectivity index (χ4n) is 1.87. The number of furan rings is 1. The molecule has 3 heterocycles. The topological polar surface area (TPSA) is 38.1 Å². The molecule has 0 fully saturated rings. The molecule has 3 nitrogen and oxygen atoms in total. The average Bonchev–Trinajstić information content (AvgIpc) is 2.88. The highest BCUT2D eigenvalue weighted by molar-refractivity contribution is 7.09. The highest BCUT2D eigenvalue weighted by Crippen LogP contribution is 2.30. The van der Waals surface area contributed by atoms with Crippen LogP contribution < -0.4 is 5.32 Å². The average molecular weight is 206 g/mol. The summed E-state index contributed by atoms with van der Waals surface area (Å²) in [6.45, 7) is 0.975. The predicted octanol–water partition coefficient (Wildman–Crippen LogP) is 1.97. The summed E-state index contributed by atoms with van der Waals surface area (Å²) in [4.78, 5) is 5.36. The molecule has 0 aromatic carbocycles. The maximum absolute atomic E-state index is 5.43. The third kappa shape index (κ3) is 1.19. The summed E-state index contributed by atoms with van der Waals surface area (Å²) in [6, 6.07) is 2.33. The maximum Gasteiger partial charge on any atom is 0.110 e. The van der Waals surface area contributed by atoms with Gasteiger partial charge in [0.1, 0.15) is 5.76 Å². The summed E-state index contributed by atoms with van der Waals surface area (Å²) in [5.74, 6) is 1.11. The molecule has 0 radical (unpaired) electrons. The van der Waals surface area contributed by atoms with Crippen molar-refractivity contribution in [2.45, 2.75) is 12.5 Å². The molecule has 0 spiro atoms. The Kier molecular flexibility index (Phi) is 1.89. The van der Waals surface area contributed by atoms with Crippen molar-refractivity contribution in [1.29, 1.82) is 0 Å². The third-order valence-corrected chi connectivity index (χ3v) is 3.37. The zero-order valence-corrected chi connectivity index (χ0v) is 8.38. The van der Waals surface area contributed by atoms with Crippen molar-refractivity contribution in [2.24, 2.45) is 0 Å². The van der Waals surface area contributed by atoms with E-state index in [0.29, 0.717) is 0 Å². The van der Waals surface area contributed by atoms with Gasteiger partial charge in [-0.3, -0.25) is 4.98 Å². The largest absolute Gasteiger partial charge is 0.469 e. The van der Waals surface area contributed by atoms with Crippen LogP contribution in [0.4, 0.5) is 0 Å². The van der Waals surface area contributed by atoms with Crippen LogP contribution in [0.25, 0.3) is 0 Å². The van der Waals surface area contributed by atoms with Gasteiger partial charge in [-0.05, 0) is 6.07 Å². The van der Waals surface area contributed by atoms with Crippen molar-refractivity contribution in [3.8, 4) is 0 Å². The van der Waals surface area contributed by atoms with E-state index in [1.54, 1.807) is 17.6 Å². The van der Waals surface area contributed by atoms with E-state index >= 15 is 0 Å². The van der Waals surface area contributed by atoms with Crippen molar-refractivity contribution in [1.82, 2.24) is 10.3 Å². The summed E-state index contributed by atoms with van der Waals surface area (Å²) < 4.78 is 5.43. The second-order valence-electron chi connectivity index (χ2n) is 3.34. The highest BCUT2D eigenvalue weighted by atomic mass is 32.1. The van der Waals surface area contributed by atoms with Crippen LogP contribution in [0, 0.1) is 0 Å². The molecule has 0 aliphatic carbocycles. The Balaban J connectivity index is 2.04. The van der Waals surface area contributed by atoms with Crippen LogP contribution in [0.2, 0.25) is 0 Å². The van der Waals surface area contributed by atoms with Gasteiger partial charge in [0.15, 0.2) is 0 Å². The Bertz CT molecular complexity index is 421. The van der Waals surface area contributed by atoms with Crippen LogP contribution >= 0.6 is 11.3 Å². The van der Waals surface area contributed by atoms with E-state index in [2.05, 4.69) is 10.3 Å². The molecular formula is C10H10N2OS. The number of thiazole rings is 1. The zero-order valence-electron chi connectivity index (χ0n) is 7.56. The monoisotopic (exact) mass is 206 g/mol. The van der Waals surface area contributed by atoms with Gasteiger partial charge >= 0.3 is 0 Å². The molecule has 72 valence electrons. The minimum atomic E-state index is 0.282. The van der Waals surface area contributed by atoms with Gasteiger partial charge in [0.05, 0.1) is 17.8 Å². The van der Waals surface area contributed by atoms with Gasteiger partial charge in [-0.1, -0.05) is 0 Å². The standard InChI is InChI=1S/C10H10N2OS/c1-3-12-10(9-5-11-6-14-9)7-2-4-13-8(1)7/h2,4-6,10,12H,1,3H2. The van der Waals surface area contributed by atoms with Gasteiger partial charge in [0.2, 0.25) is 0 Å². The van der Waals surface area contributed by atoms with E-state index in [1.165, 1.54) is 10.4 Å². The van der Waals surface area contributed by atoms with Crippen LogP contribution in [0.5, 0.6) is 0 Å². The predicted molar refractivity (Wildman–Crippen MR) is 54.4 cm³/mol. The number of nitrogens with one attached hydrogen (secondary N) is 1. The van der Waals surface area contributed by atoms with Crippen LogP contribution in [0.1, 0.15) is 22.2 Å². The van der Waals surface area contributed by atoms with E-state index < -0.39 is 0 Å². The Hall–Kier alpha value is -1.13. The van der Waals surface area contributed by atoms with Crippen molar-refractivity contribution >= 4 is 11.3 Å². The number of hydrogen-bond donors (Lipinski definition) is 1. The number of rotatable bonds is 1. The Morgan fingerprint density at radius 3 is 3.43 bits per heavy atom. The lowest BCUT2D eigenvalue weighted by Crippen LogP contribution is -2.29. The van der Waals surface area contributed by atoms with Crippen LogP contribution in [0.15, 0.2) is 28.5 Å². The van der Waals surface area contributed by atoms with Gasteiger partial charge in [-0.25, -0.2) is 0 Å². The fraction of sp³-hybridized carbons (Fsp3) is 0.300. The first-order valence-electron chi connectivity index (χ1n) is 4.63. The second kappa shape index (κ2) is 3.22. The Morgan fingerprint density at radius 1 is 1.57 bits per heavy atom. The molecule has 3 rings (SSSR count). The SMILES string of the molecule is c1cc2c(o1)CCNC2c1cncs1. The molecule has 1 aliphatic rings. The van der Waals surface area contributed by atoms with E-state index in [9.17, 15) is 0 Å². The molecule has 14 heavy (non-hydrogen) atoms. The number of hydrogen-bond acceptors (Lipinski definition) is 4. The first-order chi connectivity index (χ1) is 6.95. The number of fused-ring (bicyclic) bond motifs is 1. The molecule has 0 saturated carbocycles. The normalized spacial score (nSPS) is 20.7. The number of aromatic nitrogens is 1. The van der Waals surface area contributed by atoms with Crippen LogP contribution in [0.3, 0.4) is 0 Å². The van der Waals surface area contributed by atoms with Crippen molar-refractivity contribution in [2.75, 3.05) is 6.54 Å². The number of nitrogens with zero attached hydrogens (tertiary/aromatic N) is 1. The molecular weight excluding hydrogens is 196 g/mol. The summed E-state index contributed by atoms with van der Waals surface area (Å²) in [7, 11) is 0. The smallest absolute Gasteiger partial charge is 0.110 e. The van der Waals surface area contributed by atoms with Gasteiger partial charge in [0, 0.05) is 29.6 Å². The first kappa shape index (κ1) is 8.20. The van der Waals surface area contributed by atoms with Crippen LogP contribution in [-0.4, -0.2) is 11.5 Å². The van der Waals surface area contributed by atoms with Crippen LogP contribution in [-0.2, 0) is 6.42 Å². The van der Waals surface area contributed by atoms with E-state index in [-0.39, 0.29) is 6.04 Å². The quantitative estimate of drug-likeness (QED) is 0.775. The Labute approximate surface area is 85.8 Å². The lowest BCUT2D eigenvalue weighted by atomic mass is 10.0. The molecule has 1 aliphatic heterocycles. The molecule has 4 heteroatoms. The summed E-state index contributed by atoms with van der Waals surface area (Å²) in [5, 5.41) is 3.47. The zero-order chi connectivity index (χ0) is 9.38. The Morgan fingerprint density at radius 2 is 2.57 bits per heavy atom. The summed E-state index contributed by atoms with van der Waals surface area (Å²) in [6.07, 6.45) is 4.67. The minimum absolute atomic E-state index is 0.282. The minimum Gasteiger partial charge on any atom is -0.469 e. The molecule has 0 saturated heterocycles. The maximum atomic E-state index is 5.43. The van der Waals surface area contributed by atoms with E-state index in [1.807, 2.05) is 17.8 Å². The molecule has 2 aromatic rings. The summed E-state index contributed by atoms with van der Waals surface area (Å²) >= 11 is 1.68. The van der Waals surface area contributed by atoms with Crippen molar-refractivity contribution < 1.29 is 4.42 Å². The van der Waals surface area contributed by atoms with Gasteiger partial charge in [-0.15, -0.1) is 11.3 Å². The molecule has 0 bridgehead atoms. The van der Waals surface area contributed by atoms with Crippen molar-refractivity contribution in [3.05, 3.63) is 40.2 Å². The lowest BCUT2D eigenvalue weighted by molar-refractivity contribution is 0.457. The van der Waals surface area contributed by atoms with E-state index in [4.69, 9.17) is 4.42 Å². The van der Waals surface area contributed by atoms with Crippen molar-refractivity contribution in [3.63, 3.8) is 0 Å².